The highest BCUT2D eigenvalue weighted by Gasteiger charge is 2.22. The van der Waals surface area contributed by atoms with Crippen LogP contribution in [0.2, 0.25) is 0 Å². The SMILES string of the molecule is CCCCCCCCCCOC1CCCC(CN=O)C1. The molecule has 1 fully saturated rings. The van der Waals surface area contributed by atoms with Crippen molar-refractivity contribution < 1.29 is 4.74 Å². The zero-order valence-corrected chi connectivity index (χ0v) is 13.3. The van der Waals surface area contributed by atoms with Gasteiger partial charge in [-0.25, -0.2) is 0 Å². The van der Waals surface area contributed by atoms with Gasteiger partial charge < -0.3 is 4.74 Å². The van der Waals surface area contributed by atoms with E-state index in [-0.39, 0.29) is 0 Å². The number of nitroso groups, excluding NO2 is 1. The molecule has 0 bridgehead atoms. The van der Waals surface area contributed by atoms with Crippen LogP contribution in [0.3, 0.4) is 0 Å². The van der Waals surface area contributed by atoms with Crippen molar-refractivity contribution in [3.05, 3.63) is 4.91 Å². The minimum atomic E-state index is 0.389. The molecular weight excluding hydrogens is 250 g/mol. The van der Waals surface area contributed by atoms with Crippen molar-refractivity contribution in [1.82, 2.24) is 0 Å². The first-order valence-electron chi connectivity index (χ1n) is 8.77. The zero-order chi connectivity index (χ0) is 14.5. The highest BCUT2D eigenvalue weighted by Crippen LogP contribution is 2.26. The number of unbranched alkanes of at least 4 members (excludes halogenated alkanes) is 7. The summed E-state index contributed by atoms with van der Waals surface area (Å²) < 4.78 is 5.96. The molecule has 0 spiro atoms. The Morgan fingerprint density at radius 1 is 1.00 bits per heavy atom. The lowest BCUT2D eigenvalue weighted by molar-refractivity contribution is 0.0124. The van der Waals surface area contributed by atoms with E-state index in [1.54, 1.807) is 0 Å². The molecular formula is C17H33NO2. The molecule has 0 aliphatic heterocycles. The Labute approximate surface area is 124 Å². The number of hydrogen-bond acceptors (Lipinski definition) is 3. The lowest BCUT2D eigenvalue weighted by Gasteiger charge is -2.27. The number of hydrogen-bond donors (Lipinski definition) is 0. The minimum absolute atomic E-state index is 0.389. The van der Waals surface area contributed by atoms with Gasteiger partial charge in [-0.2, -0.15) is 4.91 Å². The third-order valence-electron chi connectivity index (χ3n) is 4.42. The summed E-state index contributed by atoms with van der Waals surface area (Å²) in [5, 5.41) is 3.04. The van der Waals surface area contributed by atoms with Crippen LogP contribution in [-0.4, -0.2) is 19.3 Å². The molecule has 1 aliphatic rings. The Hall–Kier alpha value is -0.440. The summed E-state index contributed by atoms with van der Waals surface area (Å²) >= 11 is 0. The van der Waals surface area contributed by atoms with Crippen LogP contribution in [0, 0.1) is 10.8 Å². The van der Waals surface area contributed by atoms with E-state index < -0.39 is 0 Å². The molecule has 0 radical (unpaired) electrons. The molecule has 1 rings (SSSR count). The molecule has 0 saturated heterocycles. The molecule has 3 heteroatoms. The van der Waals surface area contributed by atoms with Gasteiger partial charge in [0.15, 0.2) is 0 Å². The second-order valence-electron chi connectivity index (χ2n) is 6.31. The maximum Gasteiger partial charge on any atom is 0.0840 e. The van der Waals surface area contributed by atoms with Gasteiger partial charge in [-0.3, -0.25) is 0 Å². The first kappa shape index (κ1) is 17.6. The fourth-order valence-corrected chi connectivity index (χ4v) is 3.15. The largest absolute Gasteiger partial charge is 0.378 e. The van der Waals surface area contributed by atoms with Crippen LogP contribution in [0.25, 0.3) is 0 Å². The normalized spacial score (nSPS) is 22.9. The van der Waals surface area contributed by atoms with Gasteiger partial charge in [0.25, 0.3) is 0 Å². The van der Waals surface area contributed by atoms with Gasteiger partial charge in [-0.15, -0.1) is 0 Å². The number of ether oxygens (including phenoxy) is 1. The molecule has 0 aromatic rings. The molecule has 0 N–H and O–H groups in total. The highest BCUT2D eigenvalue weighted by atomic mass is 16.5. The van der Waals surface area contributed by atoms with Crippen LogP contribution >= 0.6 is 0 Å². The van der Waals surface area contributed by atoms with Crippen molar-refractivity contribution in [2.75, 3.05) is 13.2 Å². The monoisotopic (exact) mass is 283 g/mol. The molecule has 3 nitrogen and oxygen atoms in total. The maximum atomic E-state index is 10.3. The van der Waals surface area contributed by atoms with Crippen molar-refractivity contribution in [3.8, 4) is 0 Å². The van der Waals surface area contributed by atoms with Crippen molar-refractivity contribution in [2.45, 2.75) is 90.1 Å². The van der Waals surface area contributed by atoms with E-state index >= 15 is 0 Å². The average molecular weight is 283 g/mol. The van der Waals surface area contributed by atoms with E-state index in [9.17, 15) is 4.91 Å². The Kier molecular flexibility index (Phi) is 10.8. The van der Waals surface area contributed by atoms with E-state index in [2.05, 4.69) is 12.1 Å². The Morgan fingerprint density at radius 2 is 1.70 bits per heavy atom. The number of nitrogens with zero attached hydrogens (tertiary/aromatic N) is 1. The molecule has 0 aromatic carbocycles. The van der Waals surface area contributed by atoms with Crippen LogP contribution in [-0.2, 0) is 4.74 Å². The van der Waals surface area contributed by atoms with E-state index in [1.165, 1.54) is 64.2 Å². The van der Waals surface area contributed by atoms with Crippen LogP contribution in [0.5, 0.6) is 0 Å². The first-order chi connectivity index (χ1) is 9.86. The molecule has 1 saturated carbocycles. The van der Waals surface area contributed by atoms with Crippen molar-refractivity contribution in [1.29, 1.82) is 0 Å². The summed E-state index contributed by atoms with van der Waals surface area (Å²) in [5.74, 6) is 0.477. The summed E-state index contributed by atoms with van der Waals surface area (Å²) in [5.41, 5.74) is 0. The second kappa shape index (κ2) is 12.3. The van der Waals surface area contributed by atoms with Crippen LogP contribution in [0.15, 0.2) is 5.18 Å². The summed E-state index contributed by atoms with van der Waals surface area (Å²) in [4.78, 5) is 10.3. The van der Waals surface area contributed by atoms with Gasteiger partial charge in [0.05, 0.1) is 12.6 Å². The van der Waals surface area contributed by atoms with Gasteiger partial charge in [-0.05, 0) is 31.6 Å². The van der Waals surface area contributed by atoms with Gasteiger partial charge in [0.2, 0.25) is 0 Å². The van der Waals surface area contributed by atoms with Crippen molar-refractivity contribution >= 4 is 0 Å². The zero-order valence-electron chi connectivity index (χ0n) is 13.3. The fraction of sp³-hybridized carbons (Fsp3) is 1.00. The summed E-state index contributed by atoms with van der Waals surface area (Å²) in [6.07, 6.45) is 15.7. The van der Waals surface area contributed by atoms with Gasteiger partial charge in [-0.1, -0.05) is 63.5 Å². The molecule has 2 unspecified atom stereocenters. The Bertz CT molecular complexity index is 233. The second-order valence-corrected chi connectivity index (χ2v) is 6.31. The molecule has 0 aromatic heterocycles. The van der Waals surface area contributed by atoms with Crippen LogP contribution in [0.4, 0.5) is 0 Å². The molecule has 20 heavy (non-hydrogen) atoms. The number of rotatable bonds is 12. The molecule has 0 heterocycles. The first-order valence-corrected chi connectivity index (χ1v) is 8.77. The quantitative estimate of drug-likeness (QED) is 0.352. The summed E-state index contributed by atoms with van der Waals surface area (Å²) in [6.45, 7) is 3.65. The van der Waals surface area contributed by atoms with Crippen molar-refractivity contribution in [2.24, 2.45) is 11.1 Å². The summed E-state index contributed by atoms with van der Waals surface area (Å²) in [6, 6.07) is 0. The molecule has 2 atom stereocenters. The smallest absolute Gasteiger partial charge is 0.0840 e. The van der Waals surface area contributed by atoms with E-state index in [4.69, 9.17) is 4.74 Å². The standard InChI is InChI=1S/C17H33NO2/c1-2-3-4-5-6-7-8-9-13-20-17-12-10-11-16(14-17)15-18-19/h16-17H,2-15H2,1H3. The highest BCUT2D eigenvalue weighted by molar-refractivity contribution is 4.74. The van der Waals surface area contributed by atoms with Gasteiger partial charge >= 0.3 is 0 Å². The molecule has 1 aliphatic carbocycles. The predicted octanol–water partition coefficient (Wildman–Crippen LogP) is 5.47. The van der Waals surface area contributed by atoms with Crippen LogP contribution in [0.1, 0.15) is 84.0 Å². The van der Waals surface area contributed by atoms with Crippen molar-refractivity contribution in [3.63, 3.8) is 0 Å². The maximum absolute atomic E-state index is 10.3. The topological polar surface area (TPSA) is 38.7 Å². The van der Waals surface area contributed by atoms with E-state index in [1.807, 2.05) is 0 Å². The van der Waals surface area contributed by atoms with E-state index in [0.29, 0.717) is 18.6 Å². The molecule has 0 amide bonds. The third-order valence-corrected chi connectivity index (χ3v) is 4.42. The molecule has 118 valence electrons. The van der Waals surface area contributed by atoms with Gasteiger partial charge in [0, 0.05) is 6.61 Å². The predicted molar refractivity (Wildman–Crippen MR) is 85.0 cm³/mol. The van der Waals surface area contributed by atoms with Gasteiger partial charge in [0.1, 0.15) is 0 Å². The third kappa shape index (κ3) is 8.68. The summed E-state index contributed by atoms with van der Waals surface area (Å²) in [7, 11) is 0. The van der Waals surface area contributed by atoms with E-state index in [0.717, 1.165) is 19.4 Å². The lowest BCUT2D eigenvalue weighted by atomic mass is 9.87. The lowest BCUT2D eigenvalue weighted by Crippen LogP contribution is -2.24. The Balaban J connectivity index is 1.89. The fourth-order valence-electron chi connectivity index (χ4n) is 3.15. The van der Waals surface area contributed by atoms with Crippen LogP contribution < -0.4 is 0 Å². The Morgan fingerprint density at radius 3 is 2.40 bits per heavy atom. The average Bonchev–Trinajstić information content (AvgIpc) is 2.46. The minimum Gasteiger partial charge on any atom is -0.378 e.